The van der Waals surface area contributed by atoms with Gasteiger partial charge in [0.1, 0.15) is 11.9 Å². The molecule has 0 spiro atoms. The third kappa shape index (κ3) is 2.32. The zero-order chi connectivity index (χ0) is 19.6. The summed E-state index contributed by atoms with van der Waals surface area (Å²) < 4.78 is 14.6. The van der Waals surface area contributed by atoms with Gasteiger partial charge in [0.15, 0.2) is 0 Å². The molecule has 5 rings (SSSR count). The average molecular weight is 386 g/mol. The lowest BCUT2D eigenvalue weighted by atomic mass is 10.0. The molecule has 0 aliphatic carbocycles. The van der Waals surface area contributed by atoms with Crippen LogP contribution in [0.25, 0.3) is 0 Å². The molecule has 9 heteroatoms. The van der Waals surface area contributed by atoms with Crippen molar-refractivity contribution in [1.29, 1.82) is 0 Å². The summed E-state index contributed by atoms with van der Waals surface area (Å²) in [5.41, 5.74) is 0.317. The average Bonchev–Trinajstić information content (AvgIpc) is 3.06. The van der Waals surface area contributed by atoms with Crippen molar-refractivity contribution in [1.82, 2.24) is 15.5 Å². The van der Waals surface area contributed by atoms with Gasteiger partial charge in [0.05, 0.1) is 16.8 Å². The molecule has 3 atom stereocenters. The topological polar surface area (TPSA) is 98.8 Å². The van der Waals surface area contributed by atoms with Crippen LogP contribution in [-0.2, 0) is 9.59 Å². The highest BCUT2D eigenvalue weighted by Gasteiger charge is 2.49. The normalized spacial score (nSPS) is 29.4. The first-order valence-electron chi connectivity index (χ1n) is 9.50. The van der Waals surface area contributed by atoms with Gasteiger partial charge in [-0.25, -0.2) is 4.39 Å². The molecule has 3 fully saturated rings. The first-order valence-corrected chi connectivity index (χ1v) is 9.50. The predicted molar refractivity (Wildman–Crippen MR) is 95.2 cm³/mol. The summed E-state index contributed by atoms with van der Waals surface area (Å²) >= 11 is 0. The molecular weight excluding hydrogens is 367 g/mol. The van der Waals surface area contributed by atoms with Gasteiger partial charge in [-0.15, -0.1) is 0 Å². The maximum absolute atomic E-state index is 14.6. The van der Waals surface area contributed by atoms with Crippen LogP contribution in [0, 0.1) is 5.82 Å². The molecule has 0 saturated carbocycles. The summed E-state index contributed by atoms with van der Waals surface area (Å²) in [7, 11) is 0. The van der Waals surface area contributed by atoms with Gasteiger partial charge in [-0.05, 0) is 31.4 Å². The van der Waals surface area contributed by atoms with Gasteiger partial charge in [0, 0.05) is 31.6 Å². The lowest BCUT2D eigenvalue weighted by Gasteiger charge is -2.38. The van der Waals surface area contributed by atoms with Crippen molar-refractivity contribution in [3.63, 3.8) is 0 Å². The SMILES string of the molecule is O=C1CCC(N2C(=O)c3c(F)ccc(N4[C@@H]5CC[C@H]4CNC5)c3C2=O)C(=O)N1. The van der Waals surface area contributed by atoms with Gasteiger partial charge in [-0.3, -0.25) is 29.4 Å². The minimum Gasteiger partial charge on any atom is -0.362 e. The summed E-state index contributed by atoms with van der Waals surface area (Å²) in [6, 6.07) is 2.04. The Hall–Kier alpha value is -2.81. The van der Waals surface area contributed by atoms with Crippen LogP contribution in [0.4, 0.5) is 10.1 Å². The largest absolute Gasteiger partial charge is 0.362 e. The smallest absolute Gasteiger partial charge is 0.265 e. The lowest BCUT2D eigenvalue weighted by Crippen LogP contribution is -2.54. The minimum absolute atomic E-state index is 0.0289. The van der Waals surface area contributed by atoms with Crippen LogP contribution in [0.1, 0.15) is 46.4 Å². The van der Waals surface area contributed by atoms with Crippen molar-refractivity contribution in [2.45, 2.75) is 43.8 Å². The molecule has 0 radical (unpaired) electrons. The fourth-order valence-electron chi connectivity index (χ4n) is 4.92. The molecule has 4 amide bonds. The summed E-state index contributed by atoms with van der Waals surface area (Å²) in [5, 5.41) is 5.51. The molecule has 2 bridgehead atoms. The Morgan fingerprint density at radius 2 is 1.61 bits per heavy atom. The van der Waals surface area contributed by atoms with Gasteiger partial charge in [0.2, 0.25) is 11.8 Å². The molecule has 146 valence electrons. The Bertz CT molecular complexity index is 917. The van der Waals surface area contributed by atoms with E-state index in [0.29, 0.717) is 5.69 Å². The molecule has 1 unspecified atom stereocenters. The number of halogens is 1. The van der Waals surface area contributed by atoms with Crippen molar-refractivity contribution >= 4 is 29.3 Å². The highest BCUT2D eigenvalue weighted by atomic mass is 19.1. The Kier molecular flexibility index (Phi) is 3.77. The number of benzene rings is 1. The number of carbonyl (C=O) groups is 4. The Morgan fingerprint density at radius 3 is 2.29 bits per heavy atom. The number of hydrogen-bond acceptors (Lipinski definition) is 6. The standard InChI is InChI=1S/C19H19FN4O4/c20-11-3-4-12(23-9-1-2-10(23)8-21-7-9)16-15(11)18(27)24(19(16)28)13-5-6-14(25)22-17(13)26/h3-4,9-10,13,21H,1-2,5-8H2,(H,22,25,26)/t9-,10+,13?. The van der Waals surface area contributed by atoms with Gasteiger partial charge >= 0.3 is 0 Å². The zero-order valence-electron chi connectivity index (χ0n) is 15.0. The third-order valence-electron chi connectivity index (χ3n) is 6.18. The second-order valence-electron chi connectivity index (χ2n) is 7.71. The molecule has 8 nitrogen and oxygen atoms in total. The van der Waals surface area contributed by atoms with Crippen LogP contribution in [0.15, 0.2) is 12.1 Å². The van der Waals surface area contributed by atoms with E-state index in [-0.39, 0.29) is 36.1 Å². The van der Waals surface area contributed by atoms with E-state index in [1.807, 2.05) is 0 Å². The van der Waals surface area contributed by atoms with Crippen LogP contribution in [0.2, 0.25) is 0 Å². The third-order valence-corrected chi connectivity index (χ3v) is 6.18. The zero-order valence-corrected chi connectivity index (χ0v) is 15.0. The van der Waals surface area contributed by atoms with E-state index >= 15 is 0 Å². The fraction of sp³-hybridized carbons (Fsp3) is 0.474. The second-order valence-corrected chi connectivity index (χ2v) is 7.71. The Morgan fingerprint density at radius 1 is 0.929 bits per heavy atom. The maximum atomic E-state index is 14.6. The summed E-state index contributed by atoms with van der Waals surface area (Å²) in [6.45, 7) is 1.53. The fourth-order valence-corrected chi connectivity index (χ4v) is 4.92. The molecule has 4 aliphatic rings. The van der Waals surface area contributed by atoms with Gasteiger partial charge in [-0.1, -0.05) is 0 Å². The highest BCUT2D eigenvalue weighted by Crippen LogP contribution is 2.40. The molecule has 28 heavy (non-hydrogen) atoms. The Labute approximate surface area is 160 Å². The number of imide groups is 2. The lowest BCUT2D eigenvalue weighted by molar-refractivity contribution is -0.136. The number of carbonyl (C=O) groups excluding carboxylic acids is 4. The number of piperazine rings is 1. The number of anilines is 1. The van der Waals surface area contributed by atoms with E-state index in [2.05, 4.69) is 15.5 Å². The van der Waals surface area contributed by atoms with E-state index in [1.54, 1.807) is 6.07 Å². The first kappa shape index (κ1) is 17.3. The van der Waals surface area contributed by atoms with E-state index in [0.717, 1.165) is 30.8 Å². The number of amides is 4. The molecule has 2 N–H and O–H groups in total. The molecule has 4 heterocycles. The summed E-state index contributed by atoms with van der Waals surface area (Å²) in [4.78, 5) is 52.7. The van der Waals surface area contributed by atoms with Crippen LogP contribution in [-0.4, -0.2) is 59.7 Å². The number of nitrogens with one attached hydrogen (secondary N) is 2. The van der Waals surface area contributed by atoms with Crippen LogP contribution in [0.3, 0.4) is 0 Å². The van der Waals surface area contributed by atoms with E-state index in [1.165, 1.54) is 6.07 Å². The first-order chi connectivity index (χ1) is 13.5. The maximum Gasteiger partial charge on any atom is 0.265 e. The van der Waals surface area contributed by atoms with Crippen molar-refractivity contribution < 1.29 is 23.6 Å². The number of rotatable bonds is 2. The number of fused-ring (bicyclic) bond motifs is 3. The molecule has 3 saturated heterocycles. The highest BCUT2D eigenvalue weighted by molar-refractivity contribution is 6.25. The quantitative estimate of drug-likeness (QED) is 0.703. The predicted octanol–water partition coefficient (Wildman–Crippen LogP) is 0.168. The number of hydrogen-bond donors (Lipinski definition) is 2. The van der Waals surface area contributed by atoms with E-state index in [4.69, 9.17) is 0 Å². The van der Waals surface area contributed by atoms with E-state index in [9.17, 15) is 23.6 Å². The second kappa shape index (κ2) is 6.10. The van der Waals surface area contributed by atoms with Crippen LogP contribution in [0.5, 0.6) is 0 Å². The van der Waals surface area contributed by atoms with Crippen LogP contribution < -0.4 is 15.5 Å². The molecular formula is C19H19FN4O4. The monoisotopic (exact) mass is 386 g/mol. The van der Waals surface area contributed by atoms with Gasteiger partial charge in [-0.2, -0.15) is 0 Å². The number of piperidine rings is 1. The Balaban J connectivity index is 1.58. The van der Waals surface area contributed by atoms with E-state index < -0.39 is 35.5 Å². The van der Waals surface area contributed by atoms with Gasteiger partial charge < -0.3 is 10.2 Å². The molecule has 0 aromatic heterocycles. The van der Waals surface area contributed by atoms with Crippen molar-refractivity contribution in [2.24, 2.45) is 0 Å². The molecule has 1 aromatic rings. The molecule has 1 aromatic carbocycles. The van der Waals surface area contributed by atoms with Crippen molar-refractivity contribution in [2.75, 3.05) is 18.0 Å². The van der Waals surface area contributed by atoms with Crippen molar-refractivity contribution in [3.8, 4) is 0 Å². The summed E-state index contributed by atoms with van der Waals surface area (Å²) in [5.74, 6) is -3.38. The van der Waals surface area contributed by atoms with Gasteiger partial charge in [0.25, 0.3) is 11.8 Å². The minimum atomic E-state index is -1.10. The number of nitrogens with zero attached hydrogens (tertiary/aromatic N) is 2. The van der Waals surface area contributed by atoms with Crippen molar-refractivity contribution in [3.05, 3.63) is 29.1 Å². The summed E-state index contributed by atoms with van der Waals surface area (Å²) in [6.07, 6.45) is 2.00. The van der Waals surface area contributed by atoms with Crippen LogP contribution >= 0.6 is 0 Å². The molecule has 4 aliphatic heterocycles.